The third kappa shape index (κ3) is 3.94. The number of para-hydroxylation sites is 1. The molecule has 0 N–H and O–H groups in total. The van der Waals surface area contributed by atoms with E-state index in [1.54, 1.807) is 30.5 Å². The van der Waals surface area contributed by atoms with Crippen LogP contribution in [0, 0.1) is 6.92 Å². The lowest BCUT2D eigenvalue weighted by Gasteiger charge is -2.27. The maximum Gasteiger partial charge on any atom is 0.312 e. The fourth-order valence-corrected chi connectivity index (χ4v) is 4.57. The van der Waals surface area contributed by atoms with Crippen molar-refractivity contribution in [1.82, 2.24) is 4.98 Å². The minimum atomic E-state index is -0.422. The van der Waals surface area contributed by atoms with Gasteiger partial charge in [0.05, 0.1) is 17.7 Å². The molecule has 7 heteroatoms. The predicted molar refractivity (Wildman–Crippen MR) is 130 cm³/mol. The van der Waals surface area contributed by atoms with Crippen molar-refractivity contribution in [2.75, 3.05) is 0 Å². The number of fused-ring (bicyclic) bond motifs is 3. The predicted octanol–water partition coefficient (Wildman–Crippen LogP) is 5.62. The van der Waals surface area contributed by atoms with Crippen LogP contribution in [-0.4, -0.2) is 16.7 Å². The van der Waals surface area contributed by atoms with Gasteiger partial charge in [0.1, 0.15) is 35.4 Å². The number of nitrogens with zero attached hydrogens (tertiary/aromatic N) is 1. The van der Waals surface area contributed by atoms with Gasteiger partial charge >= 0.3 is 5.97 Å². The maximum atomic E-state index is 13.2. The van der Waals surface area contributed by atoms with Gasteiger partial charge in [-0.1, -0.05) is 24.3 Å². The maximum absolute atomic E-state index is 13.2. The van der Waals surface area contributed by atoms with Crippen LogP contribution in [0.3, 0.4) is 0 Å². The molecule has 178 valence electrons. The summed E-state index contributed by atoms with van der Waals surface area (Å²) < 4.78 is 23.4. The number of carbonyl (C=O) groups excluding carboxylic acids is 2. The number of aryl methyl sites for hydroxylation is 1. The SMILES string of the molecule is Cc1ccc(/C=C2\Oc3c(ccc4c3C(c3ccccc3OCc3ccccn3)CC(=O)O4)C2=O)o1. The number of carbonyl (C=O) groups is 2. The number of benzene rings is 2. The van der Waals surface area contributed by atoms with E-state index < -0.39 is 5.92 Å². The van der Waals surface area contributed by atoms with Gasteiger partial charge in [-0.15, -0.1) is 0 Å². The molecule has 0 saturated carbocycles. The number of pyridine rings is 1. The second-order valence-electron chi connectivity index (χ2n) is 8.62. The molecule has 6 rings (SSSR count). The van der Waals surface area contributed by atoms with Gasteiger partial charge in [0.25, 0.3) is 0 Å². The zero-order valence-corrected chi connectivity index (χ0v) is 19.4. The third-order valence-corrected chi connectivity index (χ3v) is 6.21. The van der Waals surface area contributed by atoms with E-state index >= 15 is 0 Å². The first-order chi connectivity index (χ1) is 17.6. The summed E-state index contributed by atoms with van der Waals surface area (Å²) in [5, 5.41) is 0. The average Bonchev–Trinajstić information content (AvgIpc) is 3.45. The summed E-state index contributed by atoms with van der Waals surface area (Å²) in [6.07, 6.45) is 3.38. The highest BCUT2D eigenvalue weighted by Crippen LogP contribution is 2.50. The van der Waals surface area contributed by atoms with E-state index in [0.29, 0.717) is 34.1 Å². The Morgan fingerprint density at radius 1 is 1.00 bits per heavy atom. The number of furan rings is 1. The van der Waals surface area contributed by atoms with Gasteiger partial charge in [-0.05, 0) is 49.4 Å². The van der Waals surface area contributed by atoms with Gasteiger partial charge in [-0.25, -0.2) is 0 Å². The Bertz CT molecular complexity index is 1520. The zero-order chi connectivity index (χ0) is 24.6. The van der Waals surface area contributed by atoms with Crippen LogP contribution in [0.2, 0.25) is 0 Å². The third-order valence-electron chi connectivity index (χ3n) is 6.21. The van der Waals surface area contributed by atoms with Crippen LogP contribution in [-0.2, 0) is 11.4 Å². The molecule has 1 atom stereocenters. The number of esters is 1. The van der Waals surface area contributed by atoms with E-state index in [9.17, 15) is 9.59 Å². The molecule has 0 bridgehead atoms. The van der Waals surface area contributed by atoms with E-state index in [4.69, 9.17) is 18.6 Å². The second kappa shape index (κ2) is 8.85. The number of aromatic nitrogens is 1. The first kappa shape index (κ1) is 21.9. The van der Waals surface area contributed by atoms with Gasteiger partial charge in [0.2, 0.25) is 5.78 Å². The molecule has 1 unspecified atom stereocenters. The first-order valence-corrected chi connectivity index (χ1v) is 11.6. The molecule has 36 heavy (non-hydrogen) atoms. The fraction of sp³-hybridized carbons (Fsp3) is 0.138. The van der Waals surface area contributed by atoms with Crippen LogP contribution < -0.4 is 14.2 Å². The van der Waals surface area contributed by atoms with E-state index in [-0.39, 0.29) is 30.5 Å². The van der Waals surface area contributed by atoms with Crippen LogP contribution >= 0.6 is 0 Å². The Morgan fingerprint density at radius 3 is 2.67 bits per heavy atom. The molecule has 4 heterocycles. The van der Waals surface area contributed by atoms with Crippen LogP contribution in [0.15, 0.2) is 83.1 Å². The summed E-state index contributed by atoms with van der Waals surface area (Å²) >= 11 is 0. The number of hydrogen-bond donors (Lipinski definition) is 0. The lowest BCUT2D eigenvalue weighted by molar-refractivity contribution is -0.135. The Balaban J connectivity index is 1.40. The summed E-state index contributed by atoms with van der Waals surface area (Å²) in [6, 6.07) is 20.0. The van der Waals surface area contributed by atoms with Crippen molar-refractivity contribution in [1.29, 1.82) is 0 Å². The number of ether oxygens (including phenoxy) is 3. The smallest absolute Gasteiger partial charge is 0.312 e. The summed E-state index contributed by atoms with van der Waals surface area (Å²) in [5.41, 5.74) is 2.65. The van der Waals surface area contributed by atoms with Gasteiger partial charge in [0.15, 0.2) is 5.76 Å². The van der Waals surface area contributed by atoms with Crippen LogP contribution in [0.25, 0.3) is 6.08 Å². The highest BCUT2D eigenvalue weighted by Gasteiger charge is 2.39. The average molecular weight is 479 g/mol. The van der Waals surface area contributed by atoms with Gasteiger partial charge in [0, 0.05) is 29.3 Å². The normalized spacial score (nSPS) is 17.4. The molecule has 0 amide bonds. The van der Waals surface area contributed by atoms with Gasteiger partial charge in [-0.2, -0.15) is 0 Å². The molecule has 0 aliphatic carbocycles. The molecule has 2 aliphatic rings. The molecule has 2 aliphatic heterocycles. The standard InChI is InChI=1S/C29H21NO6/c1-17-9-10-19(34-17)14-25-28(32)21-11-12-24-27(29(21)36-25)22(15-26(31)35-24)20-7-2-3-8-23(20)33-16-18-6-4-5-13-30-18/h2-14,22H,15-16H2,1H3/b25-14-. The number of rotatable bonds is 5. The van der Waals surface area contributed by atoms with Crippen molar-refractivity contribution in [3.63, 3.8) is 0 Å². The van der Waals surface area contributed by atoms with Crippen molar-refractivity contribution < 1.29 is 28.2 Å². The molecular weight excluding hydrogens is 458 g/mol. The molecule has 7 nitrogen and oxygen atoms in total. The largest absolute Gasteiger partial charge is 0.487 e. The Labute approximate surface area is 206 Å². The quantitative estimate of drug-likeness (QED) is 0.209. The van der Waals surface area contributed by atoms with Gasteiger partial charge < -0.3 is 18.6 Å². The molecule has 0 spiro atoms. The Kier molecular flexibility index (Phi) is 5.37. The van der Waals surface area contributed by atoms with Crippen LogP contribution in [0.1, 0.15) is 51.0 Å². The Hall–Kier alpha value is -4.65. The summed E-state index contributed by atoms with van der Waals surface area (Å²) in [6.45, 7) is 2.11. The number of hydrogen-bond acceptors (Lipinski definition) is 7. The van der Waals surface area contributed by atoms with Gasteiger partial charge in [-0.3, -0.25) is 14.6 Å². The second-order valence-corrected chi connectivity index (χ2v) is 8.62. The Morgan fingerprint density at radius 2 is 1.86 bits per heavy atom. The minimum Gasteiger partial charge on any atom is -0.487 e. The topological polar surface area (TPSA) is 87.9 Å². The molecule has 0 saturated heterocycles. The first-order valence-electron chi connectivity index (χ1n) is 11.6. The minimum absolute atomic E-state index is 0.0847. The number of ketones is 1. The number of allylic oxidation sites excluding steroid dienone is 1. The zero-order valence-electron chi connectivity index (χ0n) is 19.4. The summed E-state index contributed by atoms with van der Waals surface area (Å²) in [4.78, 5) is 30.0. The van der Waals surface area contributed by atoms with Crippen molar-refractivity contribution in [3.05, 3.63) is 113 Å². The van der Waals surface area contributed by atoms with Crippen molar-refractivity contribution in [3.8, 4) is 17.2 Å². The van der Waals surface area contributed by atoms with E-state index in [1.807, 2.05) is 55.5 Å². The van der Waals surface area contributed by atoms with E-state index in [2.05, 4.69) is 4.98 Å². The molecule has 2 aromatic carbocycles. The van der Waals surface area contributed by atoms with E-state index in [1.165, 1.54) is 0 Å². The highest BCUT2D eigenvalue weighted by molar-refractivity contribution is 6.15. The molecular formula is C29H21NO6. The molecule has 0 fully saturated rings. The fourth-order valence-electron chi connectivity index (χ4n) is 4.57. The van der Waals surface area contributed by atoms with Crippen LogP contribution in [0.5, 0.6) is 17.2 Å². The van der Waals surface area contributed by atoms with Crippen molar-refractivity contribution >= 4 is 17.8 Å². The number of Topliss-reactive ketones (excluding diaryl/α,β-unsaturated/α-hetero) is 1. The lowest BCUT2D eigenvalue weighted by Crippen LogP contribution is -2.22. The molecule has 2 aromatic heterocycles. The summed E-state index contributed by atoms with van der Waals surface area (Å²) in [5.74, 6) is 1.76. The highest BCUT2D eigenvalue weighted by atomic mass is 16.5. The summed E-state index contributed by atoms with van der Waals surface area (Å²) in [7, 11) is 0. The lowest BCUT2D eigenvalue weighted by atomic mass is 9.84. The van der Waals surface area contributed by atoms with Crippen LogP contribution in [0.4, 0.5) is 0 Å². The molecule has 4 aromatic rings. The van der Waals surface area contributed by atoms with Crippen molar-refractivity contribution in [2.24, 2.45) is 0 Å². The molecule has 0 radical (unpaired) electrons. The monoisotopic (exact) mass is 479 g/mol. The van der Waals surface area contributed by atoms with E-state index in [0.717, 1.165) is 17.0 Å². The van der Waals surface area contributed by atoms with Crippen molar-refractivity contribution in [2.45, 2.75) is 25.9 Å².